The van der Waals surface area contributed by atoms with Gasteiger partial charge < -0.3 is 20.6 Å². The maximum Gasteiger partial charge on any atom is 0.303 e. The zero-order valence-electron chi connectivity index (χ0n) is 33.6. The molecule has 49 heavy (non-hydrogen) atoms. The first-order valence-corrected chi connectivity index (χ1v) is 22.3. The predicted octanol–water partition coefficient (Wildman–Crippen LogP) is 13.5. The first kappa shape index (κ1) is 50.5. The molecular weight excluding hydrogens is 606 g/mol. The summed E-state index contributed by atoms with van der Waals surface area (Å²) < 4.78 is 0. The average molecular weight is 698 g/mol. The minimum Gasteiger partial charge on any atom is -0.481 e. The summed E-state index contributed by atoms with van der Waals surface area (Å²) >= 11 is 0. The van der Waals surface area contributed by atoms with Gasteiger partial charge in [-0.1, -0.05) is 232 Å². The van der Waals surface area contributed by atoms with Crippen LogP contribution in [0.4, 0.5) is 0 Å². The van der Waals surface area contributed by atoms with Gasteiger partial charge in [0, 0.05) is 19.0 Å². The van der Waals surface area contributed by atoms with Crippen LogP contribution in [0.15, 0.2) is 0 Å². The first-order valence-electron chi connectivity index (χ1n) is 22.3. The van der Waals surface area contributed by atoms with Gasteiger partial charge in [-0.25, -0.2) is 0 Å². The fourth-order valence-electron chi connectivity index (χ4n) is 6.82. The highest BCUT2D eigenvalue weighted by atomic mass is 16.4. The highest BCUT2D eigenvalue weighted by Crippen LogP contribution is 2.16. The minimum absolute atomic E-state index is 0.149. The van der Waals surface area contributed by atoms with Crippen LogP contribution in [0.3, 0.4) is 0 Å². The Morgan fingerprint density at radius 1 is 0.429 bits per heavy atom. The monoisotopic (exact) mass is 698 g/mol. The Morgan fingerprint density at radius 2 is 0.694 bits per heavy atom. The largest absolute Gasteiger partial charge is 0.481 e. The van der Waals surface area contributed by atoms with Crippen molar-refractivity contribution in [3.05, 3.63) is 0 Å². The molecule has 0 aliphatic heterocycles. The Bertz CT molecular complexity index is 587. The van der Waals surface area contributed by atoms with Crippen LogP contribution in [0, 0.1) is 0 Å². The second-order valence-corrected chi connectivity index (χ2v) is 15.2. The topological polar surface area (TPSA) is 89.8 Å². The van der Waals surface area contributed by atoms with Crippen molar-refractivity contribution in [3.63, 3.8) is 0 Å². The van der Waals surface area contributed by atoms with E-state index >= 15 is 0 Å². The van der Waals surface area contributed by atoms with E-state index in [1.807, 2.05) is 0 Å². The zero-order chi connectivity index (χ0) is 36.1. The smallest absolute Gasteiger partial charge is 0.303 e. The molecule has 0 aromatic rings. The molecule has 0 saturated carbocycles. The molecule has 4 N–H and O–H groups in total. The number of aliphatic hydroxyl groups is 2. The van der Waals surface area contributed by atoms with Crippen molar-refractivity contribution in [2.75, 3.05) is 19.8 Å². The van der Waals surface area contributed by atoms with E-state index in [1.165, 1.54) is 212 Å². The molecule has 0 aromatic heterocycles. The first-order chi connectivity index (χ1) is 24.1. The molecule has 0 radical (unpaired) electrons. The van der Waals surface area contributed by atoms with Crippen LogP contribution >= 0.6 is 0 Å². The predicted molar refractivity (Wildman–Crippen MR) is 216 cm³/mol. The van der Waals surface area contributed by atoms with Gasteiger partial charge in [-0.3, -0.25) is 4.79 Å². The molecule has 0 aromatic carbocycles. The van der Waals surface area contributed by atoms with Crippen molar-refractivity contribution in [1.29, 1.82) is 0 Å². The Kier molecular flexibility index (Phi) is 48.8. The lowest BCUT2D eigenvalue weighted by Crippen LogP contribution is -2.34. The maximum atomic E-state index is 10.3. The summed E-state index contributed by atoms with van der Waals surface area (Å²) in [7, 11) is 0. The third kappa shape index (κ3) is 49.5. The molecule has 1 atom stereocenters. The van der Waals surface area contributed by atoms with Gasteiger partial charge in [-0.2, -0.15) is 0 Å². The highest BCUT2D eigenvalue weighted by Gasteiger charge is 2.05. The summed E-state index contributed by atoms with van der Waals surface area (Å²) in [6.45, 7) is 5.48. The van der Waals surface area contributed by atoms with E-state index in [4.69, 9.17) is 10.2 Å². The molecule has 0 fully saturated rings. The number of hydrogen-bond donors (Lipinski definition) is 4. The number of hydrogen-bond acceptors (Lipinski definition) is 4. The van der Waals surface area contributed by atoms with Crippen molar-refractivity contribution in [2.45, 2.75) is 257 Å². The molecule has 5 nitrogen and oxygen atoms in total. The van der Waals surface area contributed by atoms with Crippen LogP contribution in [0.1, 0.15) is 251 Å². The molecule has 0 bridgehead atoms. The van der Waals surface area contributed by atoms with Crippen LogP contribution in [-0.4, -0.2) is 47.1 Å². The zero-order valence-corrected chi connectivity index (χ0v) is 33.6. The fourth-order valence-corrected chi connectivity index (χ4v) is 6.82. The quantitative estimate of drug-likeness (QED) is 0.0478. The van der Waals surface area contributed by atoms with Crippen LogP contribution in [0.25, 0.3) is 0 Å². The summed E-state index contributed by atoms with van der Waals surface area (Å²) in [4.78, 5) is 10.3. The summed E-state index contributed by atoms with van der Waals surface area (Å²) in [5, 5.41) is 29.8. The van der Waals surface area contributed by atoms with Gasteiger partial charge in [0.25, 0.3) is 0 Å². The van der Waals surface area contributed by atoms with Crippen LogP contribution in [0.2, 0.25) is 0 Å². The van der Waals surface area contributed by atoms with Gasteiger partial charge in [0.15, 0.2) is 0 Å². The molecular formula is C44H91NO4. The molecule has 0 heterocycles. The average Bonchev–Trinajstić information content (AvgIpc) is 3.10. The fraction of sp³-hybridized carbons (Fsp3) is 0.977. The number of carboxylic acid groups (broad SMARTS) is 1. The summed E-state index contributed by atoms with van der Waals surface area (Å²) in [5.74, 6) is -0.653. The molecule has 296 valence electrons. The van der Waals surface area contributed by atoms with Crippen molar-refractivity contribution >= 4 is 5.97 Å². The van der Waals surface area contributed by atoms with E-state index in [1.54, 1.807) is 0 Å². The summed E-state index contributed by atoms with van der Waals surface area (Å²) in [5.41, 5.74) is 0. The lowest BCUT2D eigenvalue weighted by atomic mass is 10.0. The van der Waals surface area contributed by atoms with Crippen molar-refractivity contribution in [1.82, 2.24) is 5.32 Å². The SMILES string of the molecule is CCCCCCCCCCCCCCCCCC(=O)O.CCCCCCCCCCCCCCCCCCCCCCC(CO)NCCO. The third-order valence-corrected chi connectivity index (χ3v) is 10.2. The van der Waals surface area contributed by atoms with E-state index in [9.17, 15) is 9.90 Å². The van der Waals surface area contributed by atoms with E-state index < -0.39 is 5.97 Å². The third-order valence-electron chi connectivity index (χ3n) is 10.2. The number of carbonyl (C=O) groups is 1. The lowest BCUT2D eigenvalue weighted by molar-refractivity contribution is -0.137. The van der Waals surface area contributed by atoms with E-state index in [0.29, 0.717) is 13.0 Å². The van der Waals surface area contributed by atoms with Gasteiger partial charge in [0.05, 0.1) is 13.2 Å². The van der Waals surface area contributed by atoms with E-state index in [2.05, 4.69) is 19.2 Å². The molecule has 0 amide bonds. The summed E-state index contributed by atoms with van der Waals surface area (Å²) in [6, 6.07) is 0.165. The number of rotatable bonds is 41. The molecule has 0 aliphatic rings. The second kappa shape index (κ2) is 47.4. The van der Waals surface area contributed by atoms with E-state index in [0.717, 1.165) is 19.3 Å². The molecule has 0 aliphatic carbocycles. The number of aliphatic carboxylic acids is 1. The molecule has 0 spiro atoms. The number of unbranched alkanes of at least 4 members (excludes halogenated alkanes) is 33. The maximum absolute atomic E-state index is 10.3. The number of nitrogens with one attached hydrogen (secondary N) is 1. The Balaban J connectivity index is 0. The van der Waals surface area contributed by atoms with E-state index in [-0.39, 0.29) is 19.3 Å². The van der Waals surface area contributed by atoms with Gasteiger partial charge >= 0.3 is 5.97 Å². The standard InChI is InChI=1S/C26H55NO2.C18H36O2/c1-2-3-4-5-6-7-8-9-10-11-12-13-14-15-16-17-18-19-20-21-22-26(25-29)27-23-24-28;1-2-3-4-5-6-7-8-9-10-11-12-13-14-15-16-17-18(19)20/h26-29H,2-25H2,1H3;2-17H2,1H3,(H,19,20). The van der Waals surface area contributed by atoms with Crippen LogP contribution < -0.4 is 5.32 Å². The molecule has 5 heteroatoms. The normalized spacial score (nSPS) is 11.8. The van der Waals surface area contributed by atoms with Crippen molar-refractivity contribution < 1.29 is 20.1 Å². The van der Waals surface area contributed by atoms with Gasteiger partial charge in [-0.15, -0.1) is 0 Å². The van der Waals surface area contributed by atoms with Crippen molar-refractivity contribution in [2.24, 2.45) is 0 Å². The van der Waals surface area contributed by atoms with Crippen molar-refractivity contribution in [3.8, 4) is 0 Å². The molecule has 1 unspecified atom stereocenters. The highest BCUT2D eigenvalue weighted by molar-refractivity contribution is 5.66. The van der Waals surface area contributed by atoms with Crippen LogP contribution in [0.5, 0.6) is 0 Å². The second-order valence-electron chi connectivity index (χ2n) is 15.2. The van der Waals surface area contributed by atoms with Gasteiger partial charge in [0.2, 0.25) is 0 Å². The lowest BCUT2D eigenvalue weighted by Gasteiger charge is -2.15. The Morgan fingerprint density at radius 3 is 0.939 bits per heavy atom. The van der Waals surface area contributed by atoms with Gasteiger partial charge in [-0.05, 0) is 12.8 Å². The molecule has 0 rings (SSSR count). The number of aliphatic hydroxyl groups excluding tert-OH is 2. The Labute approximate surface area is 308 Å². The minimum atomic E-state index is -0.653. The molecule has 0 saturated heterocycles. The van der Waals surface area contributed by atoms with Gasteiger partial charge in [0.1, 0.15) is 0 Å². The summed E-state index contributed by atoms with van der Waals surface area (Å²) in [6.07, 6.45) is 49.4. The van der Waals surface area contributed by atoms with Crippen LogP contribution in [-0.2, 0) is 4.79 Å². The number of carboxylic acids is 1. The Hall–Kier alpha value is -0.650.